The zero-order valence-corrected chi connectivity index (χ0v) is 11.8. The van der Waals surface area contributed by atoms with Crippen LogP contribution in [-0.2, 0) is 6.42 Å². The van der Waals surface area contributed by atoms with Gasteiger partial charge in [-0.1, -0.05) is 6.92 Å². The number of aromatic nitrogens is 1. The second-order valence-corrected chi connectivity index (χ2v) is 4.64. The minimum atomic E-state index is -0.939. The minimum absolute atomic E-state index is 0.257. The SMILES string of the molecule is CCc1nc(C)ccc1Oc1ccc(C(=O)O)cc1C. The maximum atomic E-state index is 10.9. The van der Waals surface area contributed by atoms with E-state index in [0.717, 1.165) is 23.4 Å². The number of hydrogen-bond donors (Lipinski definition) is 1. The molecule has 0 aliphatic heterocycles. The molecule has 104 valence electrons. The fraction of sp³-hybridized carbons (Fsp3) is 0.250. The van der Waals surface area contributed by atoms with Crippen LogP contribution in [0.5, 0.6) is 11.5 Å². The van der Waals surface area contributed by atoms with Crippen molar-refractivity contribution in [2.75, 3.05) is 0 Å². The molecule has 0 unspecified atom stereocenters. The predicted octanol–water partition coefficient (Wildman–Crippen LogP) is 3.75. The maximum absolute atomic E-state index is 10.9. The van der Waals surface area contributed by atoms with Crippen LogP contribution in [0, 0.1) is 13.8 Å². The zero-order valence-electron chi connectivity index (χ0n) is 11.8. The molecule has 20 heavy (non-hydrogen) atoms. The van der Waals surface area contributed by atoms with Crippen LogP contribution in [-0.4, -0.2) is 16.1 Å². The zero-order chi connectivity index (χ0) is 14.7. The fourth-order valence-corrected chi connectivity index (χ4v) is 1.96. The number of rotatable bonds is 4. The molecule has 4 nitrogen and oxygen atoms in total. The molecular weight excluding hydrogens is 254 g/mol. The Labute approximate surface area is 118 Å². The molecule has 0 saturated heterocycles. The molecule has 0 saturated carbocycles. The molecular formula is C16H17NO3. The van der Waals surface area contributed by atoms with Crippen LogP contribution in [0.1, 0.15) is 34.2 Å². The molecule has 0 bridgehead atoms. The third-order valence-corrected chi connectivity index (χ3v) is 3.05. The van der Waals surface area contributed by atoms with Crippen LogP contribution in [0.25, 0.3) is 0 Å². The van der Waals surface area contributed by atoms with Crippen molar-refractivity contribution in [2.24, 2.45) is 0 Å². The summed E-state index contributed by atoms with van der Waals surface area (Å²) in [6.07, 6.45) is 0.781. The Morgan fingerprint density at radius 3 is 2.50 bits per heavy atom. The van der Waals surface area contributed by atoms with Gasteiger partial charge >= 0.3 is 5.97 Å². The molecule has 1 heterocycles. The lowest BCUT2D eigenvalue weighted by atomic mass is 10.1. The molecule has 4 heteroatoms. The number of benzene rings is 1. The van der Waals surface area contributed by atoms with Crippen LogP contribution in [0.3, 0.4) is 0 Å². The molecule has 2 rings (SSSR count). The van der Waals surface area contributed by atoms with E-state index in [4.69, 9.17) is 9.84 Å². The summed E-state index contributed by atoms with van der Waals surface area (Å²) in [4.78, 5) is 15.4. The third kappa shape index (κ3) is 2.96. The van der Waals surface area contributed by atoms with Gasteiger partial charge in [0.2, 0.25) is 0 Å². The summed E-state index contributed by atoms with van der Waals surface area (Å²) in [5.74, 6) is 0.422. The van der Waals surface area contributed by atoms with Gasteiger partial charge in [0.05, 0.1) is 11.3 Å². The van der Waals surface area contributed by atoms with Crippen molar-refractivity contribution in [3.63, 3.8) is 0 Å². The summed E-state index contributed by atoms with van der Waals surface area (Å²) >= 11 is 0. The highest BCUT2D eigenvalue weighted by molar-refractivity contribution is 5.88. The van der Waals surface area contributed by atoms with E-state index >= 15 is 0 Å². The van der Waals surface area contributed by atoms with Gasteiger partial charge in [-0.05, 0) is 56.2 Å². The normalized spacial score (nSPS) is 10.3. The van der Waals surface area contributed by atoms with Gasteiger partial charge in [-0.15, -0.1) is 0 Å². The largest absolute Gasteiger partial charge is 0.478 e. The maximum Gasteiger partial charge on any atom is 0.335 e. The van der Waals surface area contributed by atoms with Crippen molar-refractivity contribution in [3.8, 4) is 11.5 Å². The van der Waals surface area contributed by atoms with Gasteiger partial charge < -0.3 is 9.84 Å². The lowest BCUT2D eigenvalue weighted by molar-refractivity contribution is 0.0697. The van der Waals surface area contributed by atoms with E-state index in [9.17, 15) is 4.79 Å². The van der Waals surface area contributed by atoms with Crippen LogP contribution in [0.2, 0.25) is 0 Å². The second kappa shape index (κ2) is 5.74. The average Bonchev–Trinajstić information content (AvgIpc) is 2.42. The molecule has 0 fully saturated rings. The predicted molar refractivity (Wildman–Crippen MR) is 76.6 cm³/mol. The summed E-state index contributed by atoms with van der Waals surface area (Å²) in [5.41, 5.74) is 2.89. The summed E-state index contributed by atoms with van der Waals surface area (Å²) in [6.45, 7) is 5.79. The van der Waals surface area contributed by atoms with Crippen molar-refractivity contribution in [1.82, 2.24) is 4.98 Å². The fourth-order valence-electron chi connectivity index (χ4n) is 1.96. The van der Waals surface area contributed by atoms with Crippen LogP contribution in [0.4, 0.5) is 0 Å². The number of carboxylic acids is 1. The van der Waals surface area contributed by atoms with Crippen LogP contribution >= 0.6 is 0 Å². The van der Waals surface area contributed by atoms with E-state index < -0.39 is 5.97 Å². The minimum Gasteiger partial charge on any atom is -0.478 e. The lowest BCUT2D eigenvalue weighted by Gasteiger charge is -2.12. The Hall–Kier alpha value is -2.36. The molecule has 0 atom stereocenters. The molecule has 2 aromatic rings. The van der Waals surface area contributed by atoms with Crippen molar-refractivity contribution < 1.29 is 14.6 Å². The van der Waals surface area contributed by atoms with E-state index in [0.29, 0.717) is 11.5 Å². The van der Waals surface area contributed by atoms with E-state index in [1.807, 2.05) is 32.9 Å². The van der Waals surface area contributed by atoms with Crippen molar-refractivity contribution in [3.05, 3.63) is 52.8 Å². The Morgan fingerprint density at radius 2 is 1.90 bits per heavy atom. The third-order valence-electron chi connectivity index (χ3n) is 3.05. The van der Waals surface area contributed by atoms with Gasteiger partial charge in [-0.25, -0.2) is 4.79 Å². The monoisotopic (exact) mass is 271 g/mol. The molecule has 1 N–H and O–H groups in total. The Bertz CT molecular complexity index is 650. The molecule has 0 aliphatic carbocycles. The molecule has 1 aromatic carbocycles. The number of aryl methyl sites for hydroxylation is 3. The topological polar surface area (TPSA) is 59.4 Å². The first kappa shape index (κ1) is 14.1. The highest BCUT2D eigenvalue weighted by atomic mass is 16.5. The summed E-state index contributed by atoms with van der Waals surface area (Å²) in [5, 5.41) is 8.95. The number of carboxylic acid groups (broad SMARTS) is 1. The lowest BCUT2D eigenvalue weighted by Crippen LogP contribution is -1.99. The van der Waals surface area contributed by atoms with Gasteiger partial charge in [-0.3, -0.25) is 4.98 Å². The molecule has 0 amide bonds. The first-order valence-corrected chi connectivity index (χ1v) is 6.49. The highest BCUT2D eigenvalue weighted by Gasteiger charge is 2.10. The number of carbonyl (C=O) groups is 1. The molecule has 1 aromatic heterocycles. The summed E-state index contributed by atoms with van der Waals surface area (Å²) in [6, 6.07) is 8.61. The van der Waals surface area contributed by atoms with Crippen LogP contribution < -0.4 is 4.74 Å². The van der Waals surface area contributed by atoms with Crippen molar-refractivity contribution in [2.45, 2.75) is 27.2 Å². The summed E-state index contributed by atoms with van der Waals surface area (Å²) in [7, 11) is 0. The van der Waals surface area contributed by atoms with Gasteiger partial charge in [0, 0.05) is 5.69 Å². The van der Waals surface area contributed by atoms with Gasteiger partial charge in [0.1, 0.15) is 11.5 Å². The quantitative estimate of drug-likeness (QED) is 0.920. The second-order valence-electron chi connectivity index (χ2n) is 4.64. The Balaban J connectivity index is 2.33. The number of nitrogens with zero attached hydrogens (tertiary/aromatic N) is 1. The first-order valence-electron chi connectivity index (χ1n) is 6.49. The smallest absolute Gasteiger partial charge is 0.335 e. The van der Waals surface area contributed by atoms with Gasteiger partial charge in [-0.2, -0.15) is 0 Å². The van der Waals surface area contributed by atoms with E-state index in [1.165, 1.54) is 6.07 Å². The van der Waals surface area contributed by atoms with E-state index in [1.54, 1.807) is 12.1 Å². The molecule has 0 aliphatic rings. The average molecular weight is 271 g/mol. The van der Waals surface area contributed by atoms with Gasteiger partial charge in [0.15, 0.2) is 0 Å². The number of pyridine rings is 1. The Morgan fingerprint density at radius 1 is 1.20 bits per heavy atom. The van der Waals surface area contributed by atoms with Gasteiger partial charge in [0.25, 0.3) is 0 Å². The van der Waals surface area contributed by atoms with E-state index in [2.05, 4.69) is 4.98 Å². The standard InChI is InChI=1S/C16H17NO3/c1-4-13-15(7-5-11(3)17-13)20-14-8-6-12(16(18)19)9-10(14)2/h5-9H,4H2,1-3H3,(H,18,19). The van der Waals surface area contributed by atoms with E-state index in [-0.39, 0.29) is 5.56 Å². The number of aromatic carboxylic acids is 1. The first-order chi connectivity index (χ1) is 9.51. The number of ether oxygens (including phenoxy) is 1. The van der Waals surface area contributed by atoms with Crippen molar-refractivity contribution >= 4 is 5.97 Å². The Kier molecular flexibility index (Phi) is 4.03. The highest BCUT2D eigenvalue weighted by Crippen LogP contribution is 2.28. The van der Waals surface area contributed by atoms with Crippen LogP contribution in [0.15, 0.2) is 30.3 Å². The molecule has 0 spiro atoms. The molecule has 0 radical (unpaired) electrons. The summed E-state index contributed by atoms with van der Waals surface area (Å²) < 4.78 is 5.87. The van der Waals surface area contributed by atoms with Crippen molar-refractivity contribution in [1.29, 1.82) is 0 Å². The number of hydrogen-bond acceptors (Lipinski definition) is 3.